The van der Waals surface area contributed by atoms with Crippen molar-refractivity contribution in [1.82, 2.24) is 9.97 Å². The summed E-state index contributed by atoms with van der Waals surface area (Å²) in [6.45, 7) is 5.46. The molecule has 2 aromatic heterocycles. The Balaban J connectivity index is 2.35. The van der Waals surface area contributed by atoms with E-state index in [1.54, 1.807) is 22.7 Å². The molecule has 0 aromatic carbocycles. The maximum Gasteiger partial charge on any atom is 0.104 e. The molecule has 2 heterocycles. The van der Waals surface area contributed by atoms with E-state index in [2.05, 4.69) is 23.8 Å². The molecule has 0 atom stereocenters. The Morgan fingerprint density at radius 1 is 0.833 bits per heavy atom. The lowest BCUT2D eigenvalue weighted by molar-refractivity contribution is 0.946. The molecule has 2 aromatic rings. The van der Waals surface area contributed by atoms with Crippen LogP contribution in [0.1, 0.15) is 19.8 Å². The van der Waals surface area contributed by atoms with Crippen LogP contribution < -0.4 is 11.5 Å². The molecule has 0 aliphatic rings. The molecule has 0 spiro atoms. The second-order valence-corrected chi connectivity index (χ2v) is 6.68. The van der Waals surface area contributed by atoms with Gasteiger partial charge in [-0.15, -0.1) is 22.7 Å². The normalized spacial score (nSPS) is 11.1. The molecule has 0 bridgehead atoms. The second kappa shape index (κ2) is 5.88. The Kier molecular flexibility index (Phi) is 4.45. The van der Waals surface area contributed by atoms with Gasteiger partial charge in [0, 0.05) is 22.6 Å². The fourth-order valence-corrected chi connectivity index (χ4v) is 3.70. The van der Waals surface area contributed by atoms with Gasteiger partial charge in [0.1, 0.15) is 11.4 Å². The Hall–Kier alpha value is -0.820. The highest BCUT2D eigenvalue weighted by molar-refractivity contribution is 7.12. The monoisotopic (exact) mass is 282 g/mol. The van der Waals surface area contributed by atoms with Crippen molar-refractivity contribution in [2.45, 2.75) is 26.7 Å². The van der Waals surface area contributed by atoms with Gasteiger partial charge in [-0.05, 0) is 26.9 Å². The van der Waals surface area contributed by atoms with Crippen molar-refractivity contribution in [3.8, 4) is 11.4 Å². The molecule has 98 valence electrons. The van der Waals surface area contributed by atoms with Crippen molar-refractivity contribution in [1.29, 1.82) is 0 Å². The van der Waals surface area contributed by atoms with Crippen LogP contribution in [0, 0.1) is 13.8 Å². The predicted octanol–water partition coefficient (Wildman–Crippen LogP) is 1.89. The molecule has 0 amide bonds. The zero-order chi connectivity index (χ0) is 13.1. The first-order valence-corrected chi connectivity index (χ1v) is 7.62. The minimum Gasteiger partial charge on any atom is -0.330 e. The first-order valence-electron chi connectivity index (χ1n) is 5.98. The quantitative estimate of drug-likeness (QED) is 0.878. The summed E-state index contributed by atoms with van der Waals surface area (Å²) in [6, 6.07) is 0. The second-order valence-electron chi connectivity index (χ2n) is 4.10. The number of thiazole rings is 2. The zero-order valence-electron chi connectivity index (χ0n) is 10.7. The fraction of sp³-hybridized carbons (Fsp3) is 0.500. The number of aryl methyl sites for hydroxylation is 2. The van der Waals surface area contributed by atoms with Crippen LogP contribution in [-0.2, 0) is 12.8 Å². The maximum atomic E-state index is 5.57. The summed E-state index contributed by atoms with van der Waals surface area (Å²) in [5, 5.41) is 2.19. The topological polar surface area (TPSA) is 77.8 Å². The minimum absolute atomic E-state index is 0.640. The Morgan fingerprint density at radius 2 is 1.22 bits per heavy atom. The van der Waals surface area contributed by atoms with Crippen LogP contribution >= 0.6 is 22.7 Å². The number of aromatic nitrogens is 2. The van der Waals surface area contributed by atoms with E-state index in [1.807, 2.05) is 0 Å². The first-order chi connectivity index (χ1) is 8.65. The number of hydrogen-bond acceptors (Lipinski definition) is 6. The molecule has 6 heteroatoms. The van der Waals surface area contributed by atoms with Gasteiger partial charge in [-0.2, -0.15) is 0 Å². The molecular formula is C12H18N4S2. The van der Waals surface area contributed by atoms with Crippen LogP contribution in [0.25, 0.3) is 11.4 Å². The highest BCUT2D eigenvalue weighted by atomic mass is 32.1. The Labute approximate surface area is 115 Å². The van der Waals surface area contributed by atoms with Gasteiger partial charge < -0.3 is 11.5 Å². The van der Waals surface area contributed by atoms with Crippen molar-refractivity contribution in [3.63, 3.8) is 0 Å². The molecule has 2 rings (SSSR count). The standard InChI is InChI=1S/C12H18N4S2/c1-7-11(15-9(17-7)3-5-13)12-8(2)18-10(16-12)4-6-14/h3-6,13-14H2,1-2H3. The van der Waals surface area contributed by atoms with E-state index >= 15 is 0 Å². The summed E-state index contributed by atoms with van der Waals surface area (Å²) in [4.78, 5) is 11.7. The highest BCUT2D eigenvalue weighted by Gasteiger charge is 2.16. The molecule has 4 nitrogen and oxygen atoms in total. The lowest BCUT2D eigenvalue weighted by Crippen LogP contribution is -2.02. The SMILES string of the molecule is Cc1sc(CCN)nc1-c1nc(CCN)sc1C. The predicted molar refractivity (Wildman–Crippen MR) is 78.2 cm³/mol. The summed E-state index contributed by atoms with van der Waals surface area (Å²) < 4.78 is 0. The van der Waals surface area contributed by atoms with E-state index in [0.717, 1.165) is 34.2 Å². The third-order valence-corrected chi connectivity index (χ3v) is 4.68. The zero-order valence-corrected chi connectivity index (χ0v) is 12.3. The molecule has 0 radical (unpaired) electrons. The molecule has 0 aliphatic heterocycles. The van der Waals surface area contributed by atoms with Crippen LogP contribution in [0.15, 0.2) is 0 Å². The molecule has 0 unspecified atom stereocenters. The third-order valence-electron chi connectivity index (χ3n) is 2.62. The van der Waals surface area contributed by atoms with Crippen LogP contribution in [0.4, 0.5) is 0 Å². The highest BCUT2D eigenvalue weighted by Crippen LogP contribution is 2.32. The number of nitrogens with two attached hydrogens (primary N) is 2. The van der Waals surface area contributed by atoms with Crippen molar-refractivity contribution in [2.75, 3.05) is 13.1 Å². The fourth-order valence-electron chi connectivity index (χ4n) is 1.80. The number of nitrogens with zero attached hydrogens (tertiary/aromatic N) is 2. The summed E-state index contributed by atoms with van der Waals surface area (Å²) in [5.74, 6) is 0. The van der Waals surface area contributed by atoms with E-state index in [0.29, 0.717) is 13.1 Å². The molecule has 0 saturated heterocycles. The van der Waals surface area contributed by atoms with E-state index in [4.69, 9.17) is 11.5 Å². The maximum absolute atomic E-state index is 5.57. The van der Waals surface area contributed by atoms with E-state index in [1.165, 1.54) is 9.75 Å². The summed E-state index contributed by atoms with van der Waals surface area (Å²) in [5.41, 5.74) is 13.2. The van der Waals surface area contributed by atoms with Gasteiger partial charge in [-0.1, -0.05) is 0 Å². The van der Waals surface area contributed by atoms with Crippen molar-refractivity contribution in [3.05, 3.63) is 19.8 Å². The van der Waals surface area contributed by atoms with Gasteiger partial charge >= 0.3 is 0 Å². The minimum atomic E-state index is 0.640. The molecular weight excluding hydrogens is 264 g/mol. The summed E-state index contributed by atoms with van der Waals surface area (Å²) >= 11 is 3.43. The lowest BCUT2D eigenvalue weighted by atomic mass is 10.2. The van der Waals surface area contributed by atoms with Crippen LogP contribution in [0.5, 0.6) is 0 Å². The van der Waals surface area contributed by atoms with E-state index in [9.17, 15) is 0 Å². The largest absolute Gasteiger partial charge is 0.330 e. The van der Waals surface area contributed by atoms with E-state index in [-0.39, 0.29) is 0 Å². The third kappa shape index (κ3) is 2.77. The molecule has 18 heavy (non-hydrogen) atoms. The van der Waals surface area contributed by atoms with Crippen molar-refractivity contribution in [2.24, 2.45) is 11.5 Å². The molecule has 0 saturated carbocycles. The van der Waals surface area contributed by atoms with Gasteiger partial charge in [0.15, 0.2) is 0 Å². The first kappa shape index (κ1) is 13.6. The Morgan fingerprint density at radius 3 is 1.56 bits per heavy atom. The molecule has 0 fully saturated rings. The smallest absolute Gasteiger partial charge is 0.104 e. The molecule has 4 N–H and O–H groups in total. The van der Waals surface area contributed by atoms with Crippen LogP contribution in [-0.4, -0.2) is 23.1 Å². The summed E-state index contributed by atoms with van der Waals surface area (Å²) in [6.07, 6.45) is 1.68. The van der Waals surface area contributed by atoms with Crippen molar-refractivity contribution < 1.29 is 0 Å². The Bertz CT molecular complexity index is 482. The number of rotatable bonds is 5. The van der Waals surface area contributed by atoms with Crippen LogP contribution in [0.3, 0.4) is 0 Å². The van der Waals surface area contributed by atoms with Gasteiger partial charge in [-0.25, -0.2) is 9.97 Å². The van der Waals surface area contributed by atoms with Gasteiger partial charge in [0.2, 0.25) is 0 Å². The molecule has 0 aliphatic carbocycles. The van der Waals surface area contributed by atoms with Gasteiger partial charge in [-0.3, -0.25) is 0 Å². The van der Waals surface area contributed by atoms with Gasteiger partial charge in [0.05, 0.1) is 10.0 Å². The average molecular weight is 282 g/mol. The number of hydrogen-bond donors (Lipinski definition) is 2. The average Bonchev–Trinajstić information content (AvgIpc) is 2.83. The van der Waals surface area contributed by atoms with E-state index < -0.39 is 0 Å². The lowest BCUT2D eigenvalue weighted by Gasteiger charge is -1.94. The van der Waals surface area contributed by atoms with Gasteiger partial charge in [0.25, 0.3) is 0 Å². The van der Waals surface area contributed by atoms with Crippen LogP contribution in [0.2, 0.25) is 0 Å². The van der Waals surface area contributed by atoms with Crippen molar-refractivity contribution >= 4 is 22.7 Å². The summed E-state index contributed by atoms with van der Waals surface area (Å²) in [7, 11) is 0.